The maximum Gasteiger partial charge on any atom is 0.340 e. The second-order valence-corrected chi connectivity index (χ2v) is 3.27. The molecule has 1 aromatic carbocycles. The van der Waals surface area contributed by atoms with Crippen molar-refractivity contribution >= 4 is 6.01 Å². The molecule has 4 heteroatoms. The summed E-state index contributed by atoms with van der Waals surface area (Å²) in [7, 11) is 0. The van der Waals surface area contributed by atoms with Gasteiger partial charge in [-0.3, -0.25) is 0 Å². The van der Waals surface area contributed by atoms with Crippen molar-refractivity contribution in [1.82, 2.24) is 4.98 Å². The fraction of sp³-hybridized carbons (Fsp3) is 0.0909. The summed E-state index contributed by atoms with van der Waals surface area (Å²) in [5, 5.41) is 0. The predicted octanol–water partition coefficient (Wildman–Crippen LogP) is 1.59. The Morgan fingerprint density at radius 3 is 2.53 bits per heavy atom. The molecule has 0 aliphatic rings. The first-order valence-electron chi connectivity index (χ1n) is 4.50. The minimum atomic E-state index is -0.488. The predicted molar refractivity (Wildman–Crippen MR) is 57.4 cm³/mol. The van der Waals surface area contributed by atoms with E-state index in [0.29, 0.717) is 5.69 Å². The van der Waals surface area contributed by atoms with Crippen molar-refractivity contribution in [1.29, 1.82) is 0 Å². The Morgan fingerprint density at radius 1 is 1.27 bits per heavy atom. The van der Waals surface area contributed by atoms with Gasteiger partial charge in [-0.15, -0.1) is 0 Å². The van der Waals surface area contributed by atoms with E-state index in [1.807, 2.05) is 31.2 Å². The Hall–Kier alpha value is -2.10. The van der Waals surface area contributed by atoms with Crippen LogP contribution in [0, 0.1) is 6.92 Å². The number of anilines is 1. The average molecular weight is 202 g/mol. The van der Waals surface area contributed by atoms with Gasteiger partial charge in [0, 0.05) is 5.56 Å². The molecular formula is C11H10N2O2. The fourth-order valence-corrected chi connectivity index (χ4v) is 1.29. The minimum absolute atomic E-state index is 0.113. The molecular weight excluding hydrogens is 192 g/mol. The number of nitrogen functional groups attached to an aromatic ring is 1. The second kappa shape index (κ2) is 3.57. The van der Waals surface area contributed by atoms with Crippen LogP contribution in [0.5, 0.6) is 0 Å². The first-order valence-corrected chi connectivity index (χ1v) is 4.50. The van der Waals surface area contributed by atoms with E-state index < -0.39 is 5.63 Å². The van der Waals surface area contributed by atoms with Crippen LogP contribution < -0.4 is 11.4 Å². The zero-order chi connectivity index (χ0) is 10.8. The Kier molecular flexibility index (Phi) is 2.25. The molecule has 0 saturated carbocycles. The van der Waals surface area contributed by atoms with E-state index in [0.717, 1.165) is 11.1 Å². The minimum Gasteiger partial charge on any atom is -0.389 e. The van der Waals surface area contributed by atoms with Crippen LogP contribution in [0.3, 0.4) is 0 Å². The second-order valence-electron chi connectivity index (χ2n) is 3.27. The van der Waals surface area contributed by atoms with Gasteiger partial charge in [0.2, 0.25) is 0 Å². The lowest BCUT2D eigenvalue weighted by Gasteiger charge is -2.00. The van der Waals surface area contributed by atoms with E-state index in [1.165, 1.54) is 6.07 Å². The monoisotopic (exact) mass is 202 g/mol. The average Bonchev–Trinajstić information content (AvgIpc) is 2.17. The van der Waals surface area contributed by atoms with E-state index >= 15 is 0 Å². The number of aryl methyl sites for hydroxylation is 1. The van der Waals surface area contributed by atoms with Crippen LogP contribution in [0.25, 0.3) is 11.3 Å². The molecule has 0 atom stereocenters. The number of nitrogens with two attached hydrogens (primary N) is 1. The van der Waals surface area contributed by atoms with E-state index in [1.54, 1.807) is 0 Å². The number of rotatable bonds is 1. The Labute approximate surface area is 86.4 Å². The lowest BCUT2D eigenvalue weighted by molar-refractivity contribution is 0.515. The van der Waals surface area contributed by atoms with Gasteiger partial charge < -0.3 is 10.2 Å². The molecule has 2 rings (SSSR count). The van der Waals surface area contributed by atoms with Crippen molar-refractivity contribution in [2.45, 2.75) is 6.92 Å². The summed E-state index contributed by atoms with van der Waals surface area (Å²) in [4.78, 5) is 15.0. The number of nitrogens with zero attached hydrogens (tertiary/aromatic N) is 1. The molecule has 2 aromatic rings. The third-order valence-electron chi connectivity index (χ3n) is 2.04. The quantitative estimate of drug-likeness (QED) is 0.762. The summed E-state index contributed by atoms with van der Waals surface area (Å²) in [6.45, 7) is 1.99. The van der Waals surface area contributed by atoms with Crippen molar-refractivity contribution in [3.63, 3.8) is 0 Å². The zero-order valence-electron chi connectivity index (χ0n) is 8.23. The SMILES string of the molecule is Cc1ccc(-c2cc(=O)oc(N)n2)cc1. The van der Waals surface area contributed by atoms with Crippen LogP contribution in [0.1, 0.15) is 5.56 Å². The van der Waals surface area contributed by atoms with Crippen molar-refractivity contribution in [3.8, 4) is 11.3 Å². The molecule has 1 heterocycles. The lowest BCUT2D eigenvalue weighted by Crippen LogP contribution is -2.03. The summed E-state index contributed by atoms with van der Waals surface area (Å²) < 4.78 is 4.57. The highest BCUT2D eigenvalue weighted by Crippen LogP contribution is 2.16. The van der Waals surface area contributed by atoms with E-state index in [9.17, 15) is 4.79 Å². The zero-order valence-corrected chi connectivity index (χ0v) is 8.23. The molecule has 0 amide bonds. The summed E-state index contributed by atoms with van der Waals surface area (Å²) >= 11 is 0. The lowest BCUT2D eigenvalue weighted by atomic mass is 10.1. The summed E-state index contributed by atoms with van der Waals surface area (Å²) in [5.74, 6) is 0. The van der Waals surface area contributed by atoms with Gasteiger partial charge in [-0.05, 0) is 6.92 Å². The van der Waals surface area contributed by atoms with Gasteiger partial charge in [-0.25, -0.2) is 4.79 Å². The Balaban J connectivity index is 2.54. The van der Waals surface area contributed by atoms with Crippen LogP contribution in [-0.4, -0.2) is 4.98 Å². The molecule has 2 N–H and O–H groups in total. The smallest absolute Gasteiger partial charge is 0.340 e. The highest BCUT2D eigenvalue weighted by atomic mass is 16.4. The number of hydrogen-bond acceptors (Lipinski definition) is 4. The molecule has 0 aliphatic heterocycles. The van der Waals surface area contributed by atoms with E-state index in [-0.39, 0.29) is 6.01 Å². The van der Waals surface area contributed by atoms with Gasteiger partial charge in [0.05, 0.1) is 11.8 Å². The number of aromatic nitrogens is 1. The largest absolute Gasteiger partial charge is 0.389 e. The van der Waals surface area contributed by atoms with E-state index in [2.05, 4.69) is 9.40 Å². The summed E-state index contributed by atoms with van der Waals surface area (Å²) in [5.41, 5.74) is 7.39. The summed E-state index contributed by atoms with van der Waals surface area (Å²) in [6.07, 6.45) is 0. The molecule has 0 unspecified atom stereocenters. The molecule has 0 fully saturated rings. The summed E-state index contributed by atoms with van der Waals surface area (Å²) in [6, 6.07) is 8.87. The normalized spacial score (nSPS) is 10.2. The van der Waals surface area contributed by atoms with Crippen molar-refractivity contribution in [2.75, 3.05) is 5.73 Å². The molecule has 76 valence electrons. The Morgan fingerprint density at radius 2 is 1.93 bits per heavy atom. The highest BCUT2D eigenvalue weighted by molar-refractivity contribution is 5.59. The molecule has 15 heavy (non-hydrogen) atoms. The number of benzene rings is 1. The van der Waals surface area contributed by atoms with Gasteiger partial charge in [0.1, 0.15) is 0 Å². The number of hydrogen-bond donors (Lipinski definition) is 1. The third-order valence-corrected chi connectivity index (χ3v) is 2.04. The van der Waals surface area contributed by atoms with Gasteiger partial charge in [0.15, 0.2) is 0 Å². The molecule has 0 spiro atoms. The van der Waals surface area contributed by atoms with Crippen LogP contribution >= 0.6 is 0 Å². The fourth-order valence-electron chi connectivity index (χ4n) is 1.29. The maximum absolute atomic E-state index is 11.1. The molecule has 1 aromatic heterocycles. The van der Waals surface area contributed by atoms with Crippen molar-refractivity contribution < 1.29 is 4.42 Å². The van der Waals surface area contributed by atoms with Crippen LogP contribution in [0.15, 0.2) is 39.5 Å². The molecule has 0 aliphatic carbocycles. The van der Waals surface area contributed by atoms with Gasteiger partial charge in [-0.1, -0.05) is 29.8 Å². The first kappa shape index (κ1) is 9.45. The first-order chi connectivity index (χ1) is 7.15. The standard InChI is InChI=1S/C11H10N2O2/c1-7-2-4-8(5-3-7)9-6-10(14)15-11(12)13-9/h2-6H,1H3,(H2,12,13). The van der Waals surface area contributed by atoms with Crippen molar-refractivity contribution in [2.24, 2.45) is 0 Å². The molecule has 0 saturated heterocycles. The highest BCUT2D eigenvalue weighted by Gasteiger charge is 2.02. The van der Waals surface area contributed by atoms with Gasteiger partial charge in [-0.2, -0.15) is 4.98 Å². The van der Waals surface area contributed by atoms with Crippen LogP contribution in [-0.2, 0) is 0 Å². The third kappa shape index (κ3) is 2.04. The van der Waals surface area contributed by atoms with Crippen molar-refractivity contribution in [3.05, 3.63) is 46.3 Å². The molecule has 0 bridgehead atoms. The Bertz CT molecular complexity index is 529. The maximum atomic E-state index is 11.1. The van der Waals surface area contributed by atoms with Gasteiger partial charge in [0.25, 0.3) is 6.01 Å². The van der Waals surface area contributed by atoms with E-state index in [4.69, 9.17) is 5.73 Å². The van der Waals surface area contributed by atoms with Gasteiger partial charge >= 0.3 is 5.63 Å². The topological polar surface area (TPSA) is 69.1 Å². The molecule has 0 radical (unpaired) electrons. The van der Waals surface area contributed by atoms with Crippen LogP contribution in [0.4, 0.5) is 6.01 Å². The van der Waals surface area contributed by atoms with Crippen LogP contribution in [0.2, 0.25) is 0 Å². The molecule has 4 nitrogen and oxygen atoms in total.